The van der Waals surface area contributed by atoms with Crippen molar-refractivity contribution < 1.29 is 9.53 Å². The fourth-order valence-electron chi connectivity index (χ4n) is 1.20. The van der Waals surface area contributed by atoms with Gasteiger partial charge in [-0.3, -0.25) is 4.79 Å². The Balaban J connectivity index is 2.17. The van der Waals surface area contributed by atoms with Crippen molar-refractivity contribution in [2.24, 2.45) is 0 Å². The maximum absolute atomic E-state index is 10.0. The highest BCUT2D eigenvalue weighted by Gasteiger charge is 2.02. The lowest BCUT2D eigenvalue weighted by Crippen LogP contribution is -1.93. The Bertz CT molecular complexity index is 481. The summed E-state index contributed by atoms with van der Waals surface area (Å²) < 4.78 is 6.15. The summed E-state index contributed by atoms with van der Waals surface area (Å²) in [6, 6.07) is 7.17. The maximum atomic E-state index is 10.0. The number of hydrogen-bond donors (Lipinski definition) is 0. The highest BCUT2D eigenvalue weighted by atomic mass is 35.5. The average molecular weight is 238 g/mol. The highest BCUT2D eigenvalue weighted by molar-refractivity contribution is 6.30. The molecule has 0 saturated carbocycles. The smallest absolute Gasteiger partial charge is 0.293 e. The SMILES string of the molecule is O=COCc1cn(-c2ccc(Cl)cc2)nn1. The van der Waals surface area contributed by atoms with Gasteiger partial charge >= 0.3 is 0 Å². The zero-order valence-electron chi connectivity index (χ0n) is 8.21. The molecule has 1 aromatic carbocycles. The van der Waals surface area contributed by atoms with E-state index in [1.54, 1.807) is 23.0 Å². The molecule has 0 aliphatic heterocycles. The molecule has 0 atom stereocenters. The number of ether oxygens (including phenoxy) is 1. The topological polar surface area (TPSA) is 57.0 Å². The quantitative estimate of drug-likeness (QED) is 0.758. The number of hydrogen-bond acceptors (Lipinski definition) is 4. The van der Waals surface area contributed by atoms with Crippen molar-refractivity contribution >= 4 is 18.1 Å². The minimum Gasteiger partial charge on any atom is -0.461 e. The van der Waals surface area contributed by atoms with E-state index in [4.69, 9.17) is 11.6 Å². The van der Waals surface area contributed by atoms with E-state index in [1.807, 2.05) is 12.1 Å². The number of rotatable bonds is 4. The molecule has 16 heavy (non-hydrogen) atoms. The Kier molecular flexibility index (Phi) is 3.16. The van der Waals surface area contributed by atoms with Gasteiger partial charge in [-0.2, -0.15) is 0 Å². The van der Waals surface area contributed by atoms with Crippen molar-refractivity contribution in [3.05, 3.63) is 41.2 Å². The molecule has 82 valence electrons. The van der Waals surface area contributed by atoms with Crippen molar-refractivity contribution in [3.63, 3.8) is 0 Å². The molecule has 0 fully saturated rings. The average Bonchev–Trinajstić information content (AvgIpc) is 2.76. The van der Waals surface area contributed by atoms with E-state index >= 15 is 0 Å². The van der Waals surface area contributed by atoms with Gasteiger partial charge in [0.05, 0.1) is 11.9 Å². The van der Waals surface area contributed by atoms with Crippen LogP contribution in [-0.2, 0) is 16.1 Å². The summed E-state index contributed by atoms with van der Waals surface area (Å²) in [4.78, 5) is 10.0. The lowest BCUT2D eigenvalue weighted by molar-refractivity contribution is -0.129. The Morgan fingerprint density at radius 2 is 2.12 bits per heavy atom. The fourth-order valence-corrected chi connectivity index (χ4v) is 1.33. The van der Waals surface area contributed by atoms with Gasteiger partial charge in [0.1, 0.15) is 12.3 Å². The number of benzene rings is 1. The van der Waals surface area contributed by atoms with Crippen molar-refractivity contribution in [1.29, 1.82) is 0 Å². The van der Waals surface area contributed by atoms with E-state index in [9.17, 15) is 4.79 Å². The predicted octanol–water partition coefficient (Wildman–Crippen LogP) is 1.59. The minimum atomic E-state index is 0.122. The molecule has 2 rings (SSSR count). The summed E-state index contributed by atoms with van der Waals surface area (Å²) >= 11 is 5.77. The van der Waals surface area contributed by atoms with Crippen LogP contribution >= 0.6 is 11.6 Å². The molecule has 0 amide bonds. The molecule has 6 heteroatoms. The summed E-state index contributed by atoms with van der Waals surface area (Å²) in [7, 11) is 0. The number of nitrogens with zero attached hydrogens (tertiary/aromatic N) is 3. The molecule has 0 N–H and O–H groups in total. The van der Waals surface area contributed by atoms with Gasteiger partial charge in [-0.15, -0.1) is 5.10 Å². The van der Waals surface area contributed by atoms with E-state index < -0.39 is 0 Å². The van der Waals surface area contributed by atoms with Crippen LogP contribution in [0.1, 0.15) is 5.69 Å². The van der Waals surface area contributed by atoms with E-state index in [-0.39, 0.29) is 6.61 Å². The molecule has 0 spiro atoms. The van der Waals surface area contributed by atoms with Gasteiger partial charge in [0.25, 0.3) is 6.47 Å². The lowest BCUT2D eigenvalue weighted by Gasteiger charge is -1.98. The fraction of sp³-hybridized carbons (Fsp3) is 0.100. The van der Waals surface area contributed by atoms with E-state index in [2.05, 4.69) is 15.0 Å². The molecule has 0 aliphatic rings. The second-order valence-corrected chi connectivity index (χ2v) is 3.47. The minimum absolute atomic E-state index is 0.122. The van der Waals surface area contributed by atoms with Crippen LogP contribution in [-0.4, -0.2) is 21.5 Å². The van der Waals surface area contributed by atoms with Gasteiger partial charge in [0.2, 0.25) is 0 Å². The van der Waals surface area contributed by atoms with Crippen molar-refractivity contribution in [3.8, 4) is 5.69 Å². The first-order valence-corrected chi connectivity index (χ1v) is 4.90. The van der Waals surface area contributed by atoms with E-state index in [0.717, 1.165) is 5.69 Å². The van der Waals surface area contributed by atoms with Crippen molar-refractivity contribution in [1.82, 2.24) is 15.0 Å². The van der Waals surface area contributed by atoms with Gasteiger partial charge in [0.15, 0.2) is 0 Å². The number of carbonyl (C=O) groups excluding carboxylic acids is 1. The third-order valence-corrected chi connectivity index (χ3v) is 2.18. The molecule has 1 heterocycles. The molecule has 0 saturated heterocycles. The van der Waals surface area contributed by atoms with Crippen LogP contribution < -0.4 is 0 Å². The predicted molar refractivity (Wildman–Crippen MR) is 57.2 cm³/mol. The first-order chi connectivity index (χ1) is 7.79. The Hall–Kier alpha value is -1.88. The van der Waals surface area contributed by atoms with Crippen molar-refractivity contribution in [2.75, 3.05) is 0 Å². The monoisotopic (exact) mass is 237 g/mol. The molecule has 0 unspecified atom stereocenters. The van der Waals surface area contributed by atoms with E-state index in [1.165, 1.54) is 0 Å². The molecule has 2 aromatic rings. The molecule has 1 aromatic heterocycles. The Morgan fingerprint density at radius 3 is 2.81 bits per heavy atom. The summed E-state index contributed by atoms with van der Waals surface area (Å²) in [5.41, 5.74) is 1.43. The Labute approximate surface area is 96.6 Å². The highest BCUT2D eigenvalue weighted by Crippen LogP contribution is 2.12. The number of carbonyl (C=O) groups is 1. The third kappa shape index (κ3) is 2.38. The third-order valence-electron chi connectivity index (χ3n) is 1.93. The van der Waals surface area contributed by atoms with Crippen LogP contribution in [0.2, 0.25) is 5.02 Å². The van der Waals surface area contributed by atoms with Crippen molar-refractivity contribution in [2.45, 2.75) is 6.61 Å². The van der Waals surface area contributed by atoms with Crippen LogP contribution in [0.25, 0.3) is 5.69 Å². The van der Waals surface area contributed by atoms with Crippen LogP contribution in [0.15, 0.2) is 30.5 Å². The van der Waals surface area contributed by atoms with Gasteiger partial charge in [-0.05, 0) is 24.3 Å². The molecule has 0 bridgehead atoms. The van der Waals surface area contributed by atoms with Crippen LogP contribution in [0.4, 0.5) is 0 Å². The van der Waals surface area contributed by atoms with Crippen LogP contribution in [0.5, 0.6) is 0 Å². The largest absolute Gasteiger partial charge is 0.461 e. The second kappa shape index (κ2) is 4.76. The first-order valence-electron chi connectivity index (χ1n) is 4.52. The summed E-state index contributed by atoms with van der Waals surface area (Å²) in [5.74, 6) is 0. The molecular formula is C10H8ClN3O2. The summed E-state index contributed by atoms with van der Waals surface area (Å²) in [5, 5.41) is 8.41. The second-order valence-electron chi connectivity index (χ2n) is 3.04. The standard InChI is InChI=1S/C10H8ClN3O2/c11-8-1-3-10(4-2-8)14-5-9(12-13-14)6-16-7-15/h1-5,7H,6H2. The summed E-state index contributed by atoms with van der Waals surface area (Å²) in [6.45, 7) is 0.498. The number of aromatic nitrogens is 3. The van der Waals surface area contributed by atoms with Gasteiger partial charge in [0, 0.05) is 5.02 Å². The van der Waals surface area contributed by atoms with E-state index in [0.29, 0.717) is 17.2 Å². The van der Waals surface area contributed by atoms with Crippen LogP contribution in [0.3, 0.4) is 0 Å². The molecule has 0 radical (unpaired) electrons. The first kappa shape index (κ1) is 10.6. The van der Waals surface area contributed by atoms with Crippen LogP contribution in [0, 0.1) is 0 Å². The Morgan fingerprint density at radius 1 is 1.38 bits per heavy atom. The lowest BCUT2D eigenvalue weighted by atomic mass is 10.3. The maximum Gasteiger partial charge on any atom is 0.293 e. The zero-order chi connectivity index (χ0) is 11.4. The number of halogens is 1. The molecule has 0 aliphatic carbocycles. The summed E-state index contributed by atoms with van der Waals surface area (Å²) in [6.07, 6.45) is 1.69. The normalized spacial score (nSPS) is 10.1. The molecule has 5 nitrogen and oxygen atoms in total. The van der Waals surface area contributed by atoms with Gasteiger partial charge in [-0.25, -0.2) is 4.68 Å². The molecular weight excluding hydrogens is 230 g/mol. The van der Waals surface area contributed by atoms with Gasteiger partial charge in [-0.1, -0.05) is 16.8 Å². The zero-order valence-corrected chi connectivity index (χ0v) is 8.96. The van der Waals surface area contributed by atoms with Gasteiger partial charge < -0.3 is 4.74 Å².